The van der Waals surface area contributed by atoms with Crippen LogP contribution in [0.2, 0.25) is 0 Å². The van der Waals surface area contributed by atoms with Gasteiger partial charge in [-0.3, -0.25) is 9.59 Å². The molecule has 0 rings (SSSR count). The molecule has 0 aliphatic carbocycles. The third-order valence-corrected chi connectivity index (χ3v) is 0.691. The summed E-state index contributed by atoms with van der Waals surface area (Å²) in [6.07, 6.45) is 0. The summed E-state index contributed by atoms with van der Waals surface area (Å²) in [5.41, 5.74) is 0. The van der Waals surface area contributed by atoms with E-state index in [1.54, 1.807) is 0 Å². The lowest BCUT2D eigenvalue weighted by atomic mass is 10.3. The number of methoxy groups -OCH3 is 1. The van der Waals surface area contributed by atoms with Crippen LogP contribution in [0, 0.1) is 0 Å². The first-order valence-corrected chi connectivity index (χ1v) is 2.22. The standard InChI is InChI=1S/C5H6O4/c1-3(6)4(7)5(8)9-2/h1-2H3. The zero-order valence-electron chi connectivity index (χ0n) is 5.13. The third kappa shape index (κ3) is 2.03. The van der Waals surface area contributed by atoms with Crippen molar-refractivity contribution in [3.63, 3.8) is 0 Å². The zero-order valence-corrected chi connectivity index (χ0v) is 5.13. The summed E-state index contributed by atoms with van der Waals surface area (Å²) in [7, 11) is 1.04. The van der Waals surface area contributed by atoms with Gasteiger partial charge >= 0.3 is 11.8 Å². The second kappa shape index (κ2) is 2.96. The van der Waals surface area contributed by atoms with E-state index in [1.165, 1.54) is 0 Å². The summed E-state index contributed by atoms with van der Waals surface area (Å²) in [6, 6.07) is 0. The Morgan fingerprint density at radius 1 is 1.22 bits per heavy atom. The summed E-state index contributed by atoms with van der Waals surface area (Å²) in [6.45, 7) is 1.01. The predicted molar refractivity (Wildman–Crippen MR) is 27.7 cm³/mol. The molecule has 0 saturated heterocycles. The van der Waals surface area contributed by atoms with E-state index in [-0.39, 0.29) is 0 Å². The van der Waals surface area contributed by atoms with Crippen molar-refractivity contribution in [3.8, 4) is 0 Å². The molecule has 0 fully saturated rings. The van der Waals surface area contributed by atoms with Crippen molar-refractivity contribution >= 4 is 17.5 Å². The predicted octanol–water partition coefficient (Wildman–Crippen LogP) is -0.683. The number of rotatable bonds is 2. The molecule has 0 aliphatic heterocycles. The van der Waals surface area contributed by atoms with E-state index in [9.17, 15) is 14.4 Å². The van der Waals surface area contributed by atoms with Crippen LogP contribution >= 0.6 is 0 Å². The SMILES string of the molecule is COC(=O)C(=O)C(C)=O. The Morgan fingerprint density at radius 3 is 1.78 bits per heavy atom. The van der Waals surface area contributed by atoms with Crippen molar-refractivity contribution in [1.82, 2.24) is 0 Å². The molecular formula is C5H6O4. The molecule has 0 saturated carbocycles. The number of ether oxygens (including phenoxy) is 1. The van der Waals surface area contributed by atoms with Gasteiger partial charge in [0.1, 0.15) is 0 Å². The van der Waals surface area contributed by atoms with Crippen molar-refractivity contribution < 1.29 is 19.1 Å². The molecule has 0 N–H and O–H groups in total. The van der Waals surface area contributed by atoms with E-state index in [1.807, 2.05) is 0 Å². The summed E-state index contributed by atoms with van der Waals surface area (Å²) in [5, 5.41) is 0. The number of carbonyl (C=O) groups is 3. The number of esters is 1. The van der Waals surface area contributed by atoms with Crippen LogP contribution < -0.4 is 0 Å². The molecule has 0 radical (unpaired) electrons. The Morgan fingerprint density at radius 2 is 1.67 bits per heavy atom. The minimum Gasteiger partial charge on any atom is -0.463 e. The number of hydrogen-bond acceptors (Lipinski definition) is 4. The highest BCUT2D eigenvalue weighted by Crippen LogP contribution is 1.78. The Hall–Kier alpha value is -1.19. The molecule has 0 spiro atoms. The van der Waals surface area contributed by atoms with E-state index >= 15 is 0 Å². The topological polar surface area (TPSA) is 60.4 Å². The minimum absolute atomic E-state index is 0.804. The molecular weight excluding hydrogens is 124 g/mol. The van der Waals surface area contributed by atoms with Crippen molar-refractivity contribution in [2.45, 2.75) is 6.92 Å². The monoisotopic (exact) mass is 130 g/mol. The van der Waals surface area contributed by atoms with Crippen LogP contribution in [-0.4, -0.2) is 24.6 Å². The van der Waals surface area contributed by atoms with Gasteiger partial charge in [-0.2, -0.15) is 0 Å². The van der Waals surface area contributed by atoms with Gasteiger partial charge in [0.05, 0.1) is 7.11 Å². The van der Waals surface area contributed by atoms with Crippen LogP contribution in [0.15, 0.2) is 0 Å². The molecule has 0 amide bonds. The Kier molecular flexibility index (Phi) is 2.57. The van der Waals surface area contributed by atoms with Gasteiger partial charge in [0.15, 0.2) is 0 Å². The van der Waals surface area contributed by atoms with Gasteiger partial charge < -0.3 is 4.74 Å². The first-order chi connectivity index (χ1) is 4.09. The second-order valence-electron chi connectivity index (χ2n) is 1.38. The van der Waals surface area contributed by atoms with E-state index < -0.39 is 17.5 Å². The molecule has 4 nitrogen and oxygen atoms in total. The highest BCUT2D eigenvalue weighted by molar-refractivity contribution is 6.61. The molecule has 0 unspecified atom stereocenters. The minimum atomic E-state index is -1.11. The van der Waals surface area contributed by atoms with Crippen LogP contribution in [0.3, 0.4) is 0 Å². The van der Waals surface area contributed by atoms with Crippen molar-refractivity contribution in [1.29, 1.82) is 0 Å². The molecule has 9 heavy (non-hydrogen) atoms. The smallest absolute Gasteiger partial charge is 0.382 e. The largest absolute Gasteiger partial charge is 0.463 e. The highest BCUT2D eigenvalue weighted by Gasteiger charge is 2.18. The normalized spacial score (nSPS) is 8.22. The molecule has 0 aromatic rings. The average molecular weight is 130 g/mol. The first-order valence-electron chi connectivity index (χ1n) is 2.22. The van der Waals surface area contributed by atoms with Crippen molar-refractivity contribution in [3.05, 3.63) is 0 Å². The zero-order chi connectivity index (χ0) is 7.44. The van der Waals surface area contributed by atoms with E-state index in [0.29, 0.717) is 0 Å². The molecule has 0 bridgehead atoms. The van der Waals surface area contributed by atoms with Gasteiger partial charge in [-0.05, 0) is 0 Å². The maximum absolute atomic E-state index is 10.2. The van der Waals surface area contributed by atoms with Gasteiger partial charge in [0.2, 0.25) is 5.78 Å². The van der Waals surface area contributed by atoms with Crippen LogP contribution in [0.4, 0.5) is 0 Å². The van der Waals surface area contributed by atoms with Crippen LogP contribution in [0.5, 0.6) is 0 Å². The molecule has 0 aliphatic rings. The highest BCUT2D eigenvalue weighted by atomic mass is 16.5. The molecule has 0 aromatic carbocycles. The number of carbonyl (C=O) groups excluding carboxylic acids is 3. The fraction of sp³-hybridized carbons (Fsp3) is 0.400. The average Bonchev–Trinajstić information content (AvgIpc) is 1.84. The van der Waals surface area contributed by atoms with Gasteiger partial charge in [-0.25, -0.2) is 4.79 Å². The first kappa shape index (κ1) is 7.81. The van der Waals surface area contributed by atoms with Crippen LogP contribution in [0.25, 0.3) is 0 Å². The number of ketones is 2. The summed E-state index contributed by atoms with van der Waals surface area (Å²) in [5.74, 6) is -3.03. The lowest BCUT2D eigenvalue weighted by Crippen LogP contribution is -2.22. The fourth-order valence-corrected chi connectivity index (χ4v) is 0.236. The van der Waals surface area contributed by atoms with Gasteiger partial charge in [-0.15, -0.1) is 0 Å². The maximum Gasteiger partial charge on any atom is 0.382 e. The molecule has 50 valence electrons. The Bertz CT molecular complexity index is 158. The summed E-state index contributed by atoms with van der Waals surface area (Å²) in [4.78, 5) is 30.5. The van der Waals surface area contributed by atoms with E-state index in [0.717, 1.165) is 14.0 Å². The van der Waals surface area contributed by atoms with E-state index in [4.69, 9.17) is 0 Å². The van der Waals surface area contributed by atoms with Crippen LogP contribution in [-0.2, 0) is 19.1 Å². The molecule has 4 heteroatoms. The second-order valence-corrected chi connectivity index (χ2v) is 1.38. The quantitative estimate of drug-likeness (QED) is 0.282. The maximum atomic E-state index is 10.2. The third-order valence-electron chi connectivity index (χ3n) is 0.691. The molecule has 0 aromatic heterocycles. The van der Waals surface area contributed by atoms with E-state index in [2.05, 4.69) is 4.74 Å². The van der Waals surface area contributed by atoms with Crippen LogP contribution in [0.1, 0.15) is 6.92 Å². The van der Waals surface area contributed by atoms with Gasteiger partial charge in [0, 0.05) is 6.92 Å². The van der Waals surface area contributed by atoms with Crippen molar-refractivity contribution in [2.75, 3.05) is 7.11 Å². The Balaban J connectivity index is 4.05. The molecule has 0 heterocycles. The summed E-state index contributed by atoms with van der Waals surface area (Å²) < 4.78 is 3.96. The lowest BCUT2D eigenvalue weighted by Gasteiger charge is -1.90. The summed E-state index contributed by atoms with van der Waals surface area (Å²) >= 11 is 0. The fourth-order valence-electron chi connectivity index (χ4n) is 0.236. The van der Waals surface area contributed by atoms with Gasteiger partial charge in [-0.1, -0.05) is 0 Å². The van der Waals surface area contributed by atoms with Gasteiger partial charge in [0.25, 0.3) is 0 Å². The number of Topliss-reactive ketones (excluding diaryl/α,β-unsaturated/α-hetero) is 2. The lowest BCUT2D eigenvalue weighted by molar-refractivity contribution is -0.154. The molecule has 0 atom stereocenters. The van der Waals surface area contributed by atoms with Crippen molar-refractivity contribution in [2.24, 2.45) is 0 Å². The number of hydrogen-bond donors (Lipinski definition) is 0. The Labute approximate surface area is 51.8 Å².